The Kier molecular flexibility index (Phi) is 30.8. The van der Waals surface area contributed by atoms with Crippen molar-refractivity contribution < 1.29 is 19.5 Å². The van der Waals surface area contributed by atoms with Gasteiger partial charge in [0.05, 0.1) is 12.1 Å². The van der Waals surface area contributed by atoms with Crippen molar-refractivity contribution in [1.82, 2.24) is 14.2 Å². The Morgan fingerprint density at radius 2 is 1.18 bits per heavy atom. The lowest BCUT2D eigenvalue weighted by molar-refractivity contribution is -0.137. The Bertz CT molecular complexity index is 594. The van der Waals surface area contributed by atoms with Crippen molar-refractivity contribution in [3.8, 4) is 0 Å². The zero-order valence-electron chi connectivity index (χ0n) is 23.9. The third-order valence-electron chi connectivity index (χ3n) is 6.68. The highest BCUT2D eigenvalue weighted by Crippen LogP contribution is 2.22. The molecule has 0 saturated carbocycles. The van der Waals surface area contributed by atoms with Crippen LogP contribution in [0.3, 0.4) is 0 Å². The molecule has 2 unspecified atom stereocenters. The van der Waals surface area contributed by atoms with Crippen molar-refractivity contribution >= 4 is 62.6 Å². The van der Waals surface area contributed by atoms with Gasteiger partial charge < -0.3 is 21.0 Å². The van der Waals surface area contributed by atoms with Gasteiger partial charge in [0.1, 0.15) is 6.29 Å². The largest absolute Gasteiger partial charge is 0.481 e. The molecule has 6 N–H and O–H groups in total. The first kappa shape index (κ1) is 38.9. The van der Waals surface area contributed by atoms with E-state index in [9.17, 15) is 14.4 Å². The highest BCUT2D eigenvalue weighted by molar-refractivity contribution is 14.1. The average molecular weight is 703 g/mol. The van der Waals surface area contributed by atoms with Crippen LogP contribution in [0.4, 0.5) is 0 Å². The molecule has 0 fully saturated rings. The summed E-state index contributed by atoms with van der Waals surface area (Å²) in [6.45, 7) is 1.51. The quantitative estimate of drug-likeness (QED) is 0.0136. The first-order valence-corrected chi connectivity index (χ1v) is 18.6. The number of amides is 1. The van der Waals surface area contributed by atoms with Gasteiger partial charge in [0.25, 0.3) is 0 Å². The summed E-state index contributed by atoms with van der Waals surface area (Å²) in [7, 11) is 3.12. The SMILES string of the molecule is NC(=O)C(CSSCC(C=O)NI)NCNCCCCCCCCCCCCCCCCCCCCC(=O)O. The first-order valence-electron chi connectivity index (χ1n) is 15.0. The number of aldehydes is 1. The van der Waals surface area contributed by atoms with Crippen LogP contribution in [0.1, 0.15) is 122 Å². The lowest BCUT2D eigenvalue weighted by atomic mass is 10.0. The maximum Gasteiger partial charge on any atom is 0.303 e. The number of hydrogen-bond donors (Lipinski definition) is 5. The van der Waals surface area contributed by atoms with Crippen LogP contribution in [-0.4, -0.2) is 60.1 Å². The Balaban J connectivity index is 3.33. The molecule has 0 aliphatic carbocycles. The highest BCUT2D eigenvalue weighted by atomic mass is 127. The minimum atomic E-state index is -0.670. The Morgan fingerprint density at radius 1 is 0.744 bits per heavy atom. The second-order valence-electron chi connectivity index (χ2n) is 10.3. The maximum absolute atomic E-state index is 11.6. The smallest absolute Gasteiger partial charge is 0.303 e. The van der Waals surface area contributed by atoms with Crippen LogP contribution < -0.4 is 19.9 Å². The van der Waals surface area contributed by atoms with Crippen LogP contribution in [0, 0.1) is 0 Å². The molecule has 8 nitrogen and oxygen atoms in total. The second-order valence-corrected chi connectivity index (χ2v) is 13.4. The predicted molar refractivity (Wildman–Crippen MR) is 176 cm³/mol. The van der Waals surface area contributed by atoms with Gasteiger partial charge in [-0.25, -0.2) is 3.53 Å². The summed E-state index contributed by atoms with van der Waals surface area (Å²) >= 11 is 1.97. The molecular weight excluding hydrogens is 647 g/mol. The summed E-state index contributed by atoms with van der Waals surface area (Å²) in [5.41, 5.74) is 5.50. The molecule has 0 radical (unpaired) electrons. The zero-order chi connectivity index (χ0) is 28.8. The van der Waals surface area contributed by atoms with E-state index in [1.165, 1.54) is 96.3 Å². The molecule has 0 spiro atoms. The molecule has 0 aromatic carbocycles. The molecule has 1 amide bonds. The number of carboxylic acid groups (broad SMARTS) is 1. The van der Waals surface area contributed by atoms with Gasteiger partial charge in [-0.2, -0.15) is 0 Å². The number of carboxylic acids is 1. The summed E-state index contributed by atoms with van der Waals surface area (Å²) < 4.78 is 2.90. The fourth-order valence-corrected chi connectivity index (χ4v) is 7.22. The van der Waals surface area contributed by atoms with Gasteiger partial charge >= 0.3 is 5.97 Å². The van der Waals surface area contributed by atoms with E-state index in [2.05, 4.69) is 14.2 Å². The molecule has 0 aliphatic rings. The van der Waals surface area contributed by atoms with Crippen molar-refractivity contribution in [3.05, 3.63) is 0 Å². The fraction of sp³-hybridized carbons (Fsp3) is 0.893. The third-order valence-corrected chi connectivity index (χ3v) is 9.93. The normalized spacial score (nSPS) is 12.8. The monoisotopic (exact) mass is 702 g/mol. The molecule has 2 atom stereocenters. The van der Waals surface area contributed by atoms with E-state index in [4.69, 9.17) is 10.8 Å². The summed E-state index contributed by atoms with van der Waals surface area (Å²) in [5.74, 6) is 0.216. The average Bonchev–Trinajstić information content (AvgIpc) is 2.92. The number of unbranched alkanes of at least 4 members (excludes halogenated alkanes) is 17. The highest BCUT2D eigenvalue weighted by Gasteiger charge is 2.15. The van der Waals surface area contributed by atoms with Crippen LogP contribution in [0.15, 0.2) is 0 Å². The number of nitrogens with two attached hydrogens (primary N) is 1. The lowest BCUT2D eigenvalue weighted by Gasteiger charge is -2.15. The van der Waals surface area contributed by atoms with Gasteiger partial charge in [-0.05, 0) is 19.4 Å². The fourth-order valence-electron chi connectivity index (χ4n) is 4.21. The molecule has 39 heavy (non-hydrogen) atoms. The van der Waals surface area contributed by atoms with Gasteiger partial charge in [-0.15, -0.1) is 0 Å². The minimum absolute atomic E-state index is 0.178. The van der Waals surface area contributed by atoms with Gasteiger partial charge in [0, 0.05) is 47.5 Å². The Morgan fingerprint density at radius 3 is 1.59 bits per heavy atom. The molecule has 0 aromatic rings. The molecule has 0 saturated heterocycles. The molecular formula is C28H55IN4O4S2. The number of carbonyl (C=O) groups excluding carboxylic acids is 2. The summed E-state index contributed by atoms with van der Waals surface area (Å²) in [6.07, 6.45) is 24.1. The Labute approximate surface area is 259 Å². The minimum Gasteiger partial charge on any atom is -0.481 e. The van der Waals surface area contributed by atoms with Gasteiger partial charge in [0.2, 0.25) is 5.91 Å². The summed E-state index contributed by atoms with van der Waals surface area (Å²) in [5, 5.41) is 15.1. The topological polar surface area (TPSA) is 134 Å². The van der Waals surface area contributed by atoms with Gasteiger partial charge in [-0.3, -0.25) is 14.9 Å². The van der Waals surface area contributed by atoms with Crippen LogP contribution >= 0.6 is 44.5 Å². The molecule has 0 heterocycles. The van der Waals surface area contributed by atoms with Crippen LogP contribution in [0.2, 0.25) is 0 Å². The van der Waals surface area contributed by atoms with E-state index in [1.54, 1.807) is 21.6 Å². The second kappa shape index (κ2) is 30.9. The number of carbonyl (C=O) groups is 3. The number of aliphatic carboxylic acids is 1. The number of halogens is 1. The van der Waals surface area contributed by atoms with E-state index < -0.39 is 5.97 Å². The first-order chi connectivity index (χ1) is 19.0. The molecule has 0 aromatic heterocycles. The van der Waals surface area contributed by atoms with Crippen LogP contribution in [-0.2, 0) is 14.4 Å². The maximum atomic E-state index is 11.6. The lowest BCUT2D eigenvalue weighted by Crippen LogP contribution is -2.46. The molecule has 230 valence electrons. The van der Waals surface area contributed by atoms with E-state index in [1.807, 2.05) is 22.9 Å². The van der Waals surface area contributed by atoms with Gasteiger partial charge in [-0.1, -0.05) is 124 Å². The number of rotatable bonds is 32. The van der Waals surface area contributed by atoms with Crippen LogP contribution in [0.5, 0.6) is 0 Å². The Hall–Kier alpha value is -0.0800. The number of primary amides is 1. The van der Waals surface area contributed by atoms with E-state index >= 15 is 0 Å². The van der Waals surface area contributed by atoms with Crippen molar-refractivity contribution in [2.24, 2.45) is 5.73 Å². The predicted octanol–water partition coefficient (Wildman–Crippen LogP) is 6.36. The van der Waals surface area contributed by atoms with E-state index in [0.717, 1.165) is 32.1 Å². The summed E-state index contributed by atoms with van der Waals surface area (Å²) in [6, 6.07) is -0.556. The van der Waals surface area contributed by atoms with Crippen molar-refractivity contribution in [3.63, 3.8) is 0 Å². The van der Waals surface area contributed by atoms with Crippen molar-refractivity contribution in [2.75, 3.05) is 24.7 Å². The van der Waals surface area contributed by atoms with Crippen molar-refractivity contribution in [1.29, 1.82) is 0 Å². The van der Waals surface area contributed by atoms with E-state index in [-0.39, 0.29) is 18.0 Å². The zero-order valence-corrected chi connectivity index (χ0v) is 27.7. The molecule has 11 heteroatoms. The van der Waals surface area contributed by atoms with Gasteiger partial charge in [0.15, 0.2) is 0 Å². The number of nitrogens with one attached hydrogen (secondary N) is 3. The van der Waals surface area contributed by atoms with E-state index in [0.29, 0.717) is 24.6 Å². The molecule has 0 aliphatic heterocycles. The third kappa shape index (κ3) is 29.2. The summed E-state index contributed by atoms with van der Waals surface area (Å²) in [4.78, 5) is 32.9. The standard InChI is InChI=1S/C28H55IN4O4S2/c29-33-25(21-34)22-38-39-23-26(28(30)37)32-24-31-20-18-16-14-12-10-8-6-4-2-1-3-5-7-9-11-13-15-17-19-27(35)36/h21,25-26,31-33H,1-20,22-24H2,(H2,30,37)(H,35,36). The van der Waals surface area contributed by atoms with Crippen molar-refractivity contribution in [2.45, 2.75) is 134 Å². The van der Waals surface area contributed by atoms with Crippen LogP contribution in [0.25, 0.3) is 0 Å². The molecule has 0 rings (SSSR count). The number of hydrogen-bond acceptors (Lipinski definition) is 8. The molecule has 0 bridgehead atoms.